The molecule has 0 amide bonds. The summed E-state index contributed by atoms with van der Waals surface area (Å²) in [6.45, 7) is 0. The van der Waals surface area contributed by atoms with Crippen LogP contribution in [0, 0.1) is 0 Å². The van der Waals surface area contributed by atoms with Crippen molar-refractivity contribution in [3.8, 4) is 56.3 Å². The average molecular weight is 656 g/mol. The van der Waals surface area contributed by atoms with Crippen LogP contribution in [0.4, 0.5) is 0 Å². The van der Waals surface area contributed by atoms with Crippen LogP contribution in [-0.2, 0) is 5.41 Å². The highest BCUT2D eigenvalue weighted by atomic mass is 32.2. The lowest BCUT2D eigenvalue weighted by Gasteiger charge is -2.39. The van der Waals surface area contributed by atoms with Crippen molar-refractivity contribution in [2.75, 3.05) is 0 Å². The molecule has 2 aliphatic rings. The minimum atomic E-state index is -0.360. The van der Waals surface area contributed by atoms with Crippen LogP contribution < -0.4 is 0 Å². The summed E-state index contributed by atoms with van der Waals surface area (Å²) in [5.41, 5.74) is 14.6. The summed E-state index contributed by atoms with van der Waals surface area (Å²) >= 11 is 1.88. The van der Waals surface area contributed by atoms with Crippen molar-refractivity contribution < 1.29 is 0 Å². The van der Waals surface area contributed by atoms with E-state index in [4.69, 9.17) is 9.97 Å². The highest BCUT2D eigenvalue weighted by Crippen LogP contribution is 2.62. The molecule has 0 radical (unpaired) electrons. The zero-order chi connectivity index (χ0) is 33.1. The number of pyridine rings is 1. The van der Waals surface area contributed by atoms with Crippen LogP contribution in [0.5, 0.6) is 0 Å². The first kappa shape index (κ1) is 28.9. The van der Waals surface area contributed by atoms with Gasteiger partial charge in [-0.25, -0.2) is 9.97 Å². The maximum Gasteiger partial charge on any atom is 0.160 e. The Labute approximate surface area is 295 Å². The van der Waals surface area contributed by atoms with Gasteiger partial charge in [-0.1, -0.05) is 151 Å². The maximum atomic E-state index is 5.02. The third kappa shape index (κ3) is 4.42. The van der Waals surface area contributed by atoms with Crippen LogP contribution >= 0.6 is 11.8 Å². The highest BCUT2D eigenvalue weighted by molar-refractivity contribution is 7.99. The Morgan fingerprint density at radius 3 is 1.72 bits per heavy atom. The zero-order valence-corrected chi connectivity index (χ0v) is 27.8. The van der Waals surface area contributed by atoms with E-state index in [1.165, 1.54) is 54.3 Å². The lowest BCUT2D eigenvalue weighted by atomic mass is 9.67. The predicted octanol–water partition coefficient (Wildman–Crippen LogP) is 11.4. The van der Waals surface area contributed by atoms with Crippen molar-refractivity contribution in [3.63, 3.8) is 0 Å². The molecular formula is C46H29N3S. The van der Waals surface area contributed by atoms with Gasteiger partial charge in [0.2, 0.25) is 0 Å². The van der Waals surface area contributed by atoms with Crippen molar-refractivity contribution in [1.82, 2.24) is 15.0 Å². The molecule has 0 bridgehead atoms. The molecular weight excluding hydrogens is 627 g/mol. The van der Waals surface area contributed by atoms with Gasteiger partial charge in [0.25, 0.3) is 0 Å². The largest absolute Gasteiger partial charge is 0.255 e. The number of rotatable bonds is 4. The first-order valence-corrected chi connectivity index (χ1v) is 17.7. The Bertz CT molecular complexity index is 2460. The van der Waals surface area contributed by atoms with E-state index in [2.05, 4.69) is 120 Å². The van der Waals surface area contributed by atoms with Crippen LogP contribution in [-0.4, -0.2) is 15.0 Å². The molecule has 2 aromatic heterocycles. The van der Waals surface area contributed by atoms with Crippen molar-refractivity contribution in [3.05, 3.63) is 198 Å². The Hall–Kier alpha value is -6.10. The van der Waals surface area contributed by atoms with Gasteiger partial charge >= 0.3 is 0 Å². The number of hydrogen-bond acceptors (Lipinski definition) is 4. The van der Waals surface area contributed by atoms with Gasteiger partial charge in [0.15, 0.2) is 5.82 Å². The van der Waals surface area contributed by atoms with Crippen LogP contribution in [0.3, 0.4) is 0 Å². The molecule has 0 saturated carbocycles. The molecule has 1 spiro atoms. The lowest BCUT2D eigenvalue weighted by molar-refractivity contribution is 0.722. The molecule has 50 heavy (non-hydrogen) atoms. The molecule has 234 valence electrons. The van der Waals surface area contributed by atoms with E-state index < -0.39 is 0 Å². The van der Waals surface area contributed by atoms with Crippen molar-refractivity contribution >= 4 is 11.8 Å². The van der Waals surface area contributed by atoms with Gasteiger partial charge in [0, 0.05) is 27.1 Å². The van der Waals surface area contributed by atoms with Crippen LogP contribution in [0.25, 0.3) is 56.3 Å². The molecule has 0 fully saturated rings. The topological polar surface area (TPSA) is 38.7 Å². The molecule has 10 rings (SSSR count). The van der Waals surface area contributed by atoms with Crippen molar-refractivity contribution in [2.24, 2.45) is 0 Å². The van der Waals surface area contributed by atoms with Gasteiger partial charge in [-0.3, -0.25) is 4.98 Å². The zero-order valence-electron chi connectivity index (χ0n) is 27.0. The molecule has 1 aliphatic heterocycles. The Morgan fingerprint density at radius 2 is 0.980 bits per heavy atom. The SMILES string of the molecule is c1ccc(-c2nc(-c3ccc(-c4ccc5c(c4)Sc4ccccc4C54c5ccccc5-c5ccccc54)cc3)cc(-c3ccccn3)n2)cc1. The smallest absolute Gasteiger partial charge is 0.160 e. The summed E-state index contributed by atoms with van der Waals surface area (Å²) in [5, 5.41) is 0. The van der Waals surface area contributed by atoms with Crippen LogP contribution in [0.2, 0.25) is 0 Å². The average Bonchev–Trinajstić information content (AvgIpc) is 3.49. The minimum Gasteiger partial charge on any atom is -0.255 e. The molecule has 1 aliphatic carbocycles. The fourth-order valence-electron chi connectivity index (χ4n) is 7.83. The van der Waals surface area contributed by atoms with Crippen LogP contribution in [0.15, 0.2) is 186 Å². The number of benzene rings is 6. The van der Waals surface area contributed by atoms with E-state index >= 15 is 0 Å². The molecule has 6 aromatic carbocycles. The summed E-state index contributed by atoms with van der Waals surface area (Å²) in [5.74, 6) is 0.684. The molecule has 3 nitrogen and oxygen atoms in total. The van der Waals surface area contributed by atoms with Gasteiger partial charge in [0.05, 0.1) is 22.5 Å². The summed E-state index contributed by atoms with van der Waals surface area (Å²) in [6.07, 6.45) is 1.80. The predicted molar refractivity (Wildman–Crippen MR) is 203 cm³/mol. The molecule has 8 aromatic rings. The van der Waals surface area contributed by atoms with E-state index in [0.717, 1.165) is 28.2 Å². The Kier molecular flexibility index (Phi) is 6.64. The van der Waals surface area contributed by atoms with Gasteiger partial charge in [-0.05, 0) is 74.8 Å². The Balaban J connectivity index is 1.08. The third-order valence-electron chi connectivity index (χ3n) is 10.0. The fourth-order valence-corrected chi connectivity index (χ4v) is 9.06. The summed E-state index contributed by atoms with van der Waals surface area (Å²) in [7, 11) is 0. The Morgan fingerprint density at radius 1 is 0.380 bits per heavy atom. The maximum absolute atomic E-state index is 5.02. The minimum absolute atomic E-state index is 0.360. The summed E-state index contributed by atoms with van der Waals surface area (Å²) < 4.78 is 0. The van der Waals surface area contributed by atoms with E-state index in [0.29, 0.717) is 5.82 Å². The number of aromatic nitrogens is 3. The summed E-state index contributed by atoms with van der Waals surface area (Å²) in [4.78, 5) is 17.1. The second-order valence-corrected chi connectivity index (χ2v) is 13.9. The number of hydrogen-bond donors (Lipinski definition) is 0. The molecule has 0 unspecified atom stereocenters. The second-order valence-electron chi connectivity index (χ2n) is 12.8. The third-order valence-corrected chi connectivity index (χ3v) is 11.2. The van der Waals surface area contributed by atoms with Gasteiger partial charge < -0.3 is 0 Å². The van der Waals surface area contributed by atoms with E-state index in [9.17, 15) is 0 Å². The first-order valence-electron chi connectivity index (χ1n) is 16.9. The quantitative estimate of drug-likeness (QED) is 0.189. The van der Waals surface area contributed by atoms with E-state index in [1.807, 2.05) is 66.4 Å². The van der Waals surface area contributed by atoms with Crippen molar-refractivity contribution in [1.29, 1.82) is 0 Å². The lowest BCUT2D eigenvalue weighted by Crippen LogP contribution is -2.31. The van der Waals surface area contributed by atoms with Crippen LogP contribution in [0.1, 0.15) is 22.3 Å². The van der Waals surface area contributed by atoms with Crippen molar-refractivity contribution in [2.45, 2.75) is 15.2 Å². The van der Waals surface area contributed by atoms with Gasteiger partial charge in [-0.15, -0.1) is 0 Å². The number of fused-ring (bicyclic) bond motifs is 9. The molecule has 0 atom stereocenters. The molecule has 4 heteroatoms. The second kappa shape index (κ2) is 11.5. The highest BCUT2D eigenvalue weighted by Gasteiger charge is 2.49. The fraction of sp³-hybridized carbons (Fsp3) is 0.0217. The molecule has 0 N–H and O–H groups in total. The van der Waals surface area contributed by atoms with Gasteiger partial charge in [-0.2, -0.15) is 0 Å². The molecule has 0 saturated heterocycles. The standard InChI is InChI=1S/C46H29N3S/c1-2-12-32(13-3-1)45-48-41(29-42(49-45)40-19-10-11-27-47-40)31-23-21-30(22-24-31)33-25-26-39-44(28-33)50-43-20-9-8-18-38(43)46(39)36-16-6-4-14-34(36)35-15-5-7-17-37(35)46/h1-29H. The first-order chi connectivity index (χ1) is 24.8. The van der Waals surface area contributed by atoms with E-state index in [-0.39, 0.29) is 5.41 Å². The molecule has 3 heterocycles. The monoisotopic (exact) mass is 655 g/mol. The van der Waals surface area contributed by atoms with Gasteiger partial charge in [0.1, 0.15) is 0 Å². The summed E-state index contributed by atoms with van der Waals surface area (Å²) in [6, 6.07) is 60.7. The normalized spacial score (nSPS) is 13.3. The van der Waals surface area contributed by atoms with E-state index in [1.54, 1.807) is 6.20 Å². The number of nitrogens with zero attached hydrogens (tertiary/aromatic N) is 3.